The van der Waals surface area contributed by atoms with Crippen LogP contribution in [0.5, 0.6) is 0 Å². The summed E-state index contributed by atoms with van der Waals surface area (Å²) in [5.41, 5.74) is -1.31. The van der Waals surface area contributed by atoms with E-state index in [0.717, 1.165) is 19.0 Å². The molecule has 0 saturated carbocycles. The van der Waals surface area contributed by atoms with Crippen LogP contribution in [0.2, 0.25) is 0 Å². The number of aromatic amines is 2. The van der Waals surface area contributed by atoms with Crippen molar-refractivity contribution < 1.29 is 4.79 Å². The Balaban J connectivity index is 2.88. The molecule has 0 spiro atoms. The molecule has 88 valence electrons. The second-order valence-electron chi connectivity index (χ2n) is 3.57. The minimum absolute atomic E-state index is 0.0433. The van der Waals surface area contributed by atoms with E-state index in [-0.39, 0.29) is 11.5 Å². The summed E-state index contributed by atoms with van der Waals surface area (Å²) in [7, 11) is 1.63. The standard InChI is InChI=1S/C10H15N3O3/c1-3-4-5-13(2)9(15)7-6-11-10(16)12-8(7)14/h6H,3-5H2,1-2H3,(H2,11,12,14,16). The second-order valence-corrected chi connectivity index (χ2v) is 3.57. The van der Waals surface area contributed by atoms with Crippen molar-refractivity contribution in [2.45, 2.75) is 19.8 Å². The molecule has 0 aromatic carbocycles. The molecule has 1 heterocycles. The van der Waals surface area contributed by atoms with Crippen LogP contribution in [0.25, 0.3) is 0 Å². The zero-order valence-electron chi connectivity index (χ0n) is 9.37. The number of amides is 1. The third kappa shape index (κ3) is 2.82. The van der Waals surface area contributed by atoms with Crippen LogP contribution in [0.4, 0.5) is 0 Å². The van der Waals surface area contributed by atoms with Gasteiger partial charge in [-0.05, 0) is 6.42 Å². The summed E-state index contributed by atoms with van der Waals surface area (Å²) in [6.45, 7) is 2.61. The number of carbonyl (C=O) groups excluding carboxylic acids is 1. The Morgan fingerprint density at radius 2 is 2.12 bits per heavy atom. The van der Waals surface area contributed by atoms with E-state index in [1.807, 2.05) is 11.9 Å². The molecule has 1 rings (SSSR count). The zero-order valence-corrected chi connectivity index (χ0v) is 9.37. The van der Waals surface area contributed by atoms with Crippen LogP contribution in [0.15, 0.2) is 15.8 Å². The van der Waals surface area contributed by atoms with E-state index in [1.165, 1.54) is 4.90 Å². The molecule has 0 unspecified atom stereocenters. The van der Waals surface area contributed by atoms with Gasteiger partial charge in [-0.2, -0.15) is 0 Å². The van der Waals surface area contributed by atoms with Gasteiger partial charge in [-0.15, -0.1) is 0 Å². The smallest absolute Gasteiger partial charge is 0.325 e. The molecular weight excluding hydrogens is 210 g/mol. The van der Waals surface area contributed by atoms with Crippen molar-refractivity contribution in [2.24, 2.45) is 0 Å². The number of hydrogen-bond acceptors (Lipinski definition) is 3. The number of hydrogen-bond donors (Lipinski definition) is 2. The average molecular weight is 225 g/mol. The van der Waals surface area contributed by atoms with Crippen LogP contribution in [-0.4, -0.2) is 34.4 Å². The lowest BCUT2D eigenvalue weighted by atomic mass is 10.2. The van der Waals surface area contributed by atoms with E-state index in [4.69, 9.17) is 0 Å². The summed E-state index contributed by atoms with van der Waals surface area (Å²) in [6, 6.07) is 0. The second kappa shape index (κ2) is 5.29. The van der Waals surface area contributed by atoms with E-state index in [9.17, 15) is 14.4 Å². The van der Waals surface area contributed by atoms with Crippen molar-refractivity contribution >= 4 is 5.91 Å². The maximum Gasteiger partial charge on any atom is 0.325 e. The fourth-order valence-electron chi connectivity index (χ4n) is 1.27. The lowest BCUT2D eigenvalue weighted by Crippen LogP contribution is -2.35. The Hall–Kier alpha value is -1.85. The average Bonchev–Trinajstić information content (AvgIpc) is 2.25. The van der Waals surface area contributed by atoms with E-state index >= 15 is 0 Å². The lowest BCUT2D eigenvalue weighted by molar-refractivity contribution is 0.0791. The van der Waals surface area contributed by atoms with Gasteiger partial charge >= 0.3 is 5.69 Å². The van der Waals surface area contributed by atoms with Gasteiger partial charge in [-0.1, -0.05) is 13.3 Å². The van der Waals surface area contributed by atoms with Gasteiger partial charge in [0.1, 0.15) is 5.56 Å². The molecule has 1 aromatic heterocycles. The predicted molar refractivity (Wildman–Crippen MR) is 59.6 cm³/mol. The quantitative estimate of drug-likeness (QED) is 0.752. The molecule has 6 heteroatoms. The van der Waals surface area contributed by atoms with Gasteiger partial charge in [-0.25, -0.2) is 4.79 Å². The number of rotatable bonds is 4. The summed E-state index contributed by atoms with van der Waals surface area (Å²) in [6.07, 6.45) is 3.00. The maximum atomic E-state index is 11.8. The molecule has 0 radical (unpaired) electrons. The molecule has 0 aliphatic heterocycles. The highest BCUT2D eigenvalue weighted by atomic mass is 16.2. The molecule has 0 aliphatic carbocycles. The van der Waals surface area contributed by atoms with Gasteiger partial charge in [0.25, 0.3) is 11.5 Å². The molecule has 0 atom stereocenters. The molecule has 1 aromatic rings. The first-order valence-corrected chi connectivity index (χ1v) is 5.13. The van der Waals surface area contributed by atoms with E-state index in [1.54, 1.807) is 7.05 Å². The highest BCUT2D eigenvalue weighted by Crippen LogP contribution is 1.97. The zero-order chi connectivity index (χ0) is 12.1. The van der Waals surface area contributed by atoms with Crippen LogP contribution in [-0.2, 0) is 0 Å². The summed E-state index contributed by atoms with van der Waals surface area (Å²) in [5, 5.41) is 0. The first-order chi connectivity index (χ1) is 7.56. The van der Waals surface area contributed by atoms with E-state index in [0.29, 0.717) is 6.54 Å². The summed E-state index contributed by atoms with van der Waals surface area (Å²) in [4.78, 5) is 39.6. The van der Waals surface area contributed by atoms with Crippen molar-refractivity contribution in [3.8, 4) is 0 Å². The lowest BCUT2D eigenvalue weighted by Gasteiger charge is -2.15. The molecule has 6 nitrogen and oxygen atoms in total. The largest absolute Gasteiger partial charge is 0.341 e. The fourth-order valence-corrected chi connectivity index (χ4v) is 1.27. The number of nitrogens with zero attached hydrogens (tertiary/aromatic N) is 1. The van der Waals surface area contributed by atoms with Crippen molar-refractivity contribution in [2.75, 3.05) is 13.6 Å². The van der Waals surface area contributed by atoms with Gasteiger partial charge in [0.2, 0.25) is 0 Å². The Bertz CT molecular complexity index is 475. The monoisotopic (exact) mass is 225 g/mol. The first-order valence-electron chi connectivity index (χ1n) is 5.13. The minimum Gasteiger partial charge on any atom is -0.341 e. The van der Waals surface area contributed by atoms with Crippen molar-refractivity contribution in [3.05, 3.63) is 32.6 Å². The Labute approximate surface area is 92.3 Å². The summed E-state index contributed by atoms with van der Waals surface area (Å²) in [5.74, 6) is -0.383. The third-order valence-electron chi connectivity index (χ3n) is 2.24. The molecule has 0 bridgehead atoms. The minimum atomic E-state index is -0.655. The van der Waals surface area contributed by atoms with Gasteiger partial charge in [-0.3, -0.25) is 14.6 Å². The maximum absolute atomic E-state index is 11.8. The fraction of sp³-hybridized carbons (Fsp3) is 0.500. The molecule has 0 aliphatic rings. The van der Waals surface area contributed by atoms with Crippen molar-refractivity contribution in [1.82, 2.24) is 14.9 Å². The Kier molecular flexibility index (Phi) is 4.04. The molecular formula is C10H15N3O3. The number of aromatic nitrogens is 2. The number of nitrogens with one attached hydrogen (secondary N) is 2. The molecule has 16 heavy (non-hydrogen) atoms. The highest BCUT2D eigenvalue weighted by Gasteiger charge is 2.14. The van der Waals surface area contributed by atoms with Gasteiger partial charge in [0.15, 0.2) is 0 Å². The highest BCUT2D eigenvalue weighted by molar-refractivity contribution is 5.93. The van der Waals surface area contributed by atoms with Crippen molar-refractivity contribution in [1.29, 1.82) is 0 Å². The van der Waals surface area contributed by atoms with Crippen LogP contribution in [0, 0.1) is 0 Å². The van der Waals surface area contributed by atoms with E-state index < -0.39 is 11.2 Å². The summed E-state index contributed by atoms with van der Waals surface area (Å²) >= 11 is 0. The van der Waals surface area contributed by atoms with Crippen LogP contribution in [0.1, 0.15) is 30.1 Å². The van der Waals surface area contributed by atoms with Gasteiger partial charge in [0.05, 0.1) is 0 Å². The van der Waals surface area contributed by atoms with Gasteiger partial charge in [0, 0.05) is 19.8 Å². The van der Waals surface area contributed by atoms with Crippen LogP contribution < -0.4 is 11.2 Å². The number of carbonyl (C=O) groups is 1. The van der Waals surface area contributed by atoms with Gasteiger partial charge < -0.3 is 9.88 Å². The Morgan fingerprint density at radius 1 is 1.44 bits per heavy atom. The SMILES string of the molecule is CCCCN(C)C(=O)c1c[nH]c(=O)[nH]c1=O. The predicted octanol–water partition coefficient (Wildman–Crippen LogP) is -0.0647. The molecule has 0 saturated heterocycles. The number of unbranched alkanes of at least 4 members (excludes halogenated alkanes) is 1. The normalized spacial score (nSPS) is 10.1. The first kappa shape index (κ1) is 12.2. The third-order valence-corrected chi connectivity index (χ3v) is 2.24. The van der Waals surface area contributed by atoms with Crippen LogP contribution >= 0.6 is 0 Å². The molecule has 2 N–H and O–H groups in total. The Morgan fingerprint density at radius 3 is 2.69 bits per heavy atom. The van der Waals surface area contributed by atoms with Crippen molar-refractivity contribution in [3.63, 3.8) is 0 Å². The topological polar surface area (TPSA) is 86.0 Å². The molecule has 1 amide bonds. The van der Waals surface area contributed by atoms with E-state index in [2.05, 4.69) is 4.98 Å². The van der Waals surface area contributed by atoms with Crippen LogP contribution in [0.3, 0.4) is 0 Å². The molecule has 0 fully saturated rings. The number of H-pyrrole nitrogens is 2. The summed E-state index contributed by atoms with van der Waals surface area (Å²) < 4.78 is 0.